The van der Waals surface area contributed by atoms with Crippen LogP contribution in [0.25, 0.3) is 0 Å². The van der Waals surface area contributed by atoms with Gasteiger partial charge in [-0.2, -0.15) is 0 Å². The first-order valence-electron chi connectivity index (χ1n) is 12.4. The van der Waals surface area contributed by atoms with Crippen LogP contribution in [0.4, 0.5) is 0 Å². The molecule has 4 atom stereocenters. The Morgan fingerprint density at radius 2 is 1.65 bits per heavy atom. The van der Waals surface area contributed by atoms with E-state index in [1.54, 1.807) is 7.11 Å². The quantitative estimate of drug-likeness (QED) is 0.400. The van der Waals surface area contributed by atoms with Gasteiger partial charge in [0, 0.05) is 36.2 Å². The van der Waals surface area contributed by atoms with E-state index in [2.05, 4.69) is 104 Å². The lowest BCUT2D eigenvalue weighted by Crippen LogP contribution is -2.40. The second-order valence-electron chi connectivity index (χ2n) is 9.64. The van der Waals surface area contributed by atoms with Crippen LogP contribution in [0, 0.1) is 5.92 Å². The van der Waals surface area contributed by atoms with E-state index in [1.165, 1.54) is 22.3 Å². The molecule has 1 heterocycles. The van der Waals surface area contributed by atoms with Gasteiger partial charge in [-0.15, -0.1) is 0 Å². The molecule has 0 spiro atoms. The lowest BCUT2D eigenvalue weighted by molar-refractivity contribution is 0.0745. The molecule has 0 unspecified atom stereocenters. The van der Waals surface area contributed by atoms with Gasteiger partial charge in [0.1, 0.15) is 5.75 Å². The molecule has 3 aromatic rings. The van der Waals surface area contributed by atoms with Gasteiger partial charge in [-0.05, 0) is 35.6 Å². The second kappa shape index (κ2) is 11.7. The molecule has 3 aromatic carbocycles. The largest absolute Gasteiger partial charge is 0.496 e. The molecule has 1 aliphatic heterocycles. The molecule has 34 heavy (non-hydrogen) atoms. The van der Waals surface area contributed by atoms with Gasteiger partial charge in [-0.1, -0.05) is 86.6 Å². The van der Waals surface area contributed by atoms with Crippen LogP contribution in [-0.2, 0) is 17.9 Å². The maximum absolute atomic E-state index is 6.23. The number of benzene rings is 3. The summed E-state index contributed by atoms with van der Waals surface area (Å²) in [5.74, 6) is 1.76. The number of nitrogens with one attached hydrogen (secondary N) is 2. The summed E-state index contributed by atoms with van der Waals surface area (Å²) in [6, 6.07) is 28.5. The fraction of sp³-hybridized carbons (Fsp3) is 0.400. The highest BCUT2D eigenvalue weighted by Gasteiger charge is 2.41. The summed E-state index contributed by atoms with van der Waals surface area (Å²) in [5.41, 5.74) is 5.04. The lowest BCUT2D eigenvalue weighted by Gasteiger charge is -2.27. The average Bonchev–Trinajstić information content (AvgIpc) is 3.18. The van der Waals surface area contributed by atoms with Crippen molar-refractivity contribution in [2.45, 2.75) is 58.0 Å². The molecule has 1 fully saturated rings. The van der Waals surface area contributed by atoms with Crippen LogP contribution in [0.5, 0.6) is 5.75 Å². The average molecular weight is 459 g/mol. The number of methoxy groups -OCH3 is 1. The minimum Gasteiger partial charge on any atom is -0.496 e. The fourth-order valence-electron chi connectivity index (χ4n) is 4.96. The molecule has 0 amide bonds. The zero-order chi connectivity index (χ0) is 23.9. The zero-order valence-corrected chi connectivity index (χ0v) is 20.8. The van der Waals surface area contributed by atoms with Gasteiger partial charge in [0.25, 0.3) is 0 Å². The summed E-state index contributed by atoms with van der Waals surface area (Å²) in [5, 5.41) is 7.73. The molecule has 180 valence electrons. The first-order chi connectivity index (χ1) is 16.6. The monoisotopic (exact) mass is 458 g/mol. The maximum atomic E-state index is 6.23. The summed E-state index contributed by atoms with van der Waals surface area (Å²) in [4.78, 5) is 0. The molecule has 0 aliphatic carbocycles. The Balaban J connectivity index is 1.52. The molecule has 0 saturated carbocycles. The Morgan fingerprint density at radius 3 is 2.32 bits per heavy atom. The Labute approximate surface area is 204 Å². The van der Waals surface area contributed by atoms with Crippen LogP contribution >= 0.6 is 0 Å². The van der Waals surface area contributed by atoms with Gasteiger partial charge in [0.15, 0.2) is 0 Å². The highest BCUT2D eigenvalue weighted by molar-refractivity contribution is 5.38. The Hall–Kier alpha value is -2.66. The molecule has 1 saturated heterocycles. The first kappa shape index (κ1) is 24.5. The maximum Gasteiger partial charge on any atom is 0.123 e. The van der Waals surface area contributed by atoms with E-state index in [0.717, 1.165) is 12.3 Å². The van der Waals surface area contributed by atoms with E-state index in [0.29, 0.717) is 31.1 Å². The SMILES string of the molecule is COc1ccc(C(C)C)cc1CN[C@@H]1[C@@H](COCc2ccccc2)[C@H](C)N[C@H]1c1ccccc1. The molecule has 0 bridgehead atoms. The van der Waals surface area contributed by atoms with Gasteiger partial charge in [-0.3, -0.25) is 0 Å². The third kappa shape index (κ3) is 5.87. The van der Waals surface area contributed by atoms with Gasteiger partial charge < -0.3 is 20.1 Å². The molecule has 0 radical (unpaired) electrons. The van der Waals surface area contributed by atoms with E-state index in [9.17, 15) is 0 Å². The third-order valence-electron chi connectivity index (χ3n) is 6.98. The summed E-state index contributed by atoms with van der Waals surface area (Å²) < 4.78 is 11.9. The number of hydrogen-bond acceptors (Lipinski definition) is 4. The van der Waals surface area contributed by atoms with E-state index in [1.807, 2.05) is 6.07 Å². The molecule has 1 aliphatic rings. The van der Waals surface area contributed by atoms with Crippen LogP contribution in [-0.4, -0.2) is 25.8 Å². The van der Waals surface area contributed by atoms with Crippen LogP contribution in [0.15, 0.2) is 78.9 Å². The minimum atomic E-state index is 0.223. The number of rotatable bonds is 10. The smallest absolute Gasteiger partial charge is 0.123 e. The van der Waals surface area contributed by atoms with Gasteiger partial charge >= 0.3 is 0 Å². The Bertz CT molecular complexity index is 1020. The van der Waals surface area contributed by atoms with E-state index in [4.69, 9.17) is 9.47 Å². The summed E-state index contributed by atoms with van der Waals surface area (Å²) in [6.07, 6.45) is 0. The second-order valence-corrected chi connectivity index (χ2v) is 9.64. The van der Waals surface area contributed by atoms with Gasteiger partial charge in [0.05, 0.1) is 20.3 Å². The lowest BCUT2D eigenvalue weighted by atomic mass is 9.91. The zero-order valence-electron chi connectivity index (χ0n) is 20.8. The van der Waals surface area contributed by atoms with Gasteiger partial charge in [0.2, 0.25) is 0 Å². The molecule has 0 aromatic heterocycles. The molecular formula is C30H38N2O2. The molecule has 4 rings (SSSR count). The van der Waals surface area contributed by atoms with Crippen molar-refractivity contribution in [2.75, 3.05) is 13.7 Å². The van der Waals surface area contributed by atoms with Crippen LogP contribution in [0.1, 0.15) is 55.0 Å². The third-order valence-corrected chi connectivity index (χ3v) is 6.98. The van der Waals surface area contributed by atoms with Crippen molar-refractivity contribution in [2.24, 2.45) is 5.92 Å². The van der Waals surface area contributed by atoms with E-state index >= 15 is 0 Å². The topological polar surface area (TPSA) is 42.5 Å². The predicted octanol–water partition coefficient (Wildman–Crippen LogP) is 5.84. The summed E-state index contributed by atoms with van der Waals surface area (Å²) in [6.45, 7) is 8.82. The van der Waals surface area contributed by atoms with Crippen molar-refractivity contribution < 1.29 is 9.47 Å². The predicted molar refractivity (Wildman–Crippen MR) is 139 cm³/mol. The van der Waals surface area contributed by atoms with Crippen molar-refractivity contribution in [3.05, 3.63) is 101 Å². The molecule has 4 heteroatoms. The molecule has 4 nitrogen and oxygen atoms in total. The van der Waals surface area contributed by atoms with Crippen LogP contribution < -0.4 is 15.4 Å². The Kier molecular flexibility index (Phi) is 8.39. The highest BCUT2D eigenvalue weighted by atomic mass is 16.5. The Morgan fingerprint density at radius 1 is 0.941 bits per heavy atom. The fourth-order valence-corrected chi connectivity index (χ4v) is 4.96. The van der Waals surface area contributed by atoms with Crippen molar-refractivity contribution in [3.8, 4) is 5.75 Å². The highest BCUT2D eigenvalue weighted by Crippen LogP contribution is 2.33. The normalized spacial score (nSPS) is 22.3. The standard InChI is InChI=1S/C30H38N2O2/c1-21(2)25-15-16-28(33-4)26(17-25)18-31-30-27(20-34-19-23-11-7-5-8-12-23)22(3)32-29(30)24-13-9-6-10-14-24/h5-17,21-22,27,29-32H,18-20H2,1-4H3/t22-,27-,29-,30+/m0/s1. The molecule has 2 N–H and O–H groups in total. The first-order valence-corrected chi connectivity index (χ1v) is 12.4. The van der Waals surface area contributed by atoms with E-state index < -0.39 is 0 Å². The van der Waals surface area contributed by atoms with Crippen LogP contribution in [0.3, 0.4) is 0 Å². The number of ether oxygens (including phenoxy) is 2. The summed E-state index contributed by atoms with van der Waals surface area (Å²) >= 11 is 0. The molecular weight excluding hydrogens is 420 g/mol. The number of hydrogen-bond donors (Lipinski definition) is 2. The van der Waals surface area contributed by atoms with E-state index in [-0.39, 0.29) is 12.1 Å². The minimum absolute atomic E-state index is 0.223. The van der Waals surface area contributed by atoms with Gasteiger partial charge in [-0.25, -0.2) is 0 Å². The summed E-state index contributed by atoms with van der Waals surface area (Å²) in [7, 11) is 1.75. The van der Waals surface area contributed by atoms with Crippen molar-refractivity contribution >= 4 is 0 Å². The van der Waals surface area contributed by atoms with Crippen LogP contribution in [0.2, 0.25) is 0 Å². The van der Waals surface area contributed by atoms with Crippen molar-refractivity contribution in [3.63, 3.8) is 0 Å². The van der Waals surface area contributed by atoms with Crippen molar-refractivity contribution in [1.29, 1.82) is 0 Å². The van der Waals surface area contributed by atoms with Crippen molar-refractivity contribution in [1.82, 2.24) is 10.6 Å².